The topological polar surface area (TPSA) is 74.7 Å². The number of hydrogen-bond donors (Lipinski definition) is 1. The maximum Gasteiger partial charge on any atom is 0.304 e. The molecule has 0 aliphatic heterocycles. The van der Waals surface area contributed by atoms with Crippen LogP contribution in [-0.4, -0.2) is 36.9 Å². The number of rotatable bonds is 6. The highest BCUT2D eigenvalue weighted by Gasteiger charge is 2.25. The molecule has 0 bridgehead atoms. The number of nitrogens with zero attached hydrogens (tertiary/aromatic N) is 1. The Kier molecular flexibility index (Phi) is 5.32. The zero-order valence-corrected chi connectivity index (χ0v) is 13.2. The molecule has 0 unspecified atom stereocenters. The summed E-state index contributed by atoms with van der Waals surface area (Å²) in [5.41, 5.74) is 0.855. The Bertz CT molecular complexity index is 519. The second-order valence-electron chi connectivity index (χ2n) is 3.66. The fourth-order valence-corrected chi connectivity index (χ4v) is 5.19. The molecule has 0 atom stereocenters. The van der Waals surface area contributed by atoms with Gasteiger partial charge in [0.15, 0.2) is 0 Å². The number of carboxylic acids is 1. The van der Waals surface area contributed by atoms with Gasteiger partial charge in [0.05, 0.1) is 10.2 Å². The van der Waals surface area contributed by atoms with Gasteiger partial charge in [-0.05, 0) is 34.5 Å². The van der Waals surface area contributed by atoms with E-state index in [4.69, 9.17) is 5.11 Å². The van der Waals surface area contributed by atoms with Crippen molar-refractivity contribution < 1.29 is 18.3 Å². The van der Waals surface area contributed by atoms with Crippen LogP contribution in [0.2, 0.25) is 0 Å². The first kappa shape index (κ1) is 15.6. The molecule has 0 amide bonds. The van der Waals surface area contributed by atoms with Crippen molar-refractivity contribution in [3.8, 4) is 0 Å². The number of halogens is 1. The molecule has 8 heteroatoms. The van der Waals surface area contributed by atoms with Crippen molar-refractivity contribution in [1.29, 1.82) is 0 Å². The van der Waals surface area contributed by atoms with Crippen LogP contribution < -0.4 is 0 Å². The fraction of sp³-hybridized carbons (Fsp3) is 0.500. The molecule has 1 N–H and O–H groups in total. The van der Waals surface area contributed by atoms with Crippen LogP contribution in [0.15, 0.2) is 14.1 Å². The minimum absolute atomic E-state index is 0.0112. The van der Waals surface area contributed by atoms with Crippen molar-refractivity contribution in [3.05, 3.63) is 15.4 Å². The molecule has 1 rings (SSSR count). The van der Waals surface area contributed by atoms with Crippen LogP contribution in [0.1, 0.15) is 18.9 Å². The fourth-order valence-electron chi connectivity index (χ4n) is 1.35. The molecule has 102 valence electrons. The van der Waals surface area contributed by atoms with Crippen molar-refractivity contribution in [2.45, 2.75) is 24.5 Å². The number of sulfonamides is 1. The monoisotopic (exact) mass is 355 g/mol. The lowest BCUT2D eigenvalue weighted by Crippen LogP contribution is -2.32. The summed E-state index contributed by atoms with van der Waals surface area (Å²) in [6, 6.07) is 1.59. The Morgan fingerprint density at radius 2 is 2.17 bits per heavy atom. The standard InChI is InChI=1S/C10H14BrNO4S2/c1-3-12(5-4-8(13)14)18(15,16)9-6-7(2)10(11)17-9/h6H,3-5H2,1-2H3,(H,13,14). The van der Waals surface area contributed by atoms with Gasteiger partial charge in [-0.3, -0.25) is 4.79 Å². The lowest BCUT2D eigenvalue weighted by atomic mass is 10.4. The van der Waals surface area contributed by atoms with Crippen molar-refractivity contribution in [2.24, 2.45) is 0 Å². The largest absolute Gasteiger partial charge is 0.481 e. The molecule has 5 nitrogen and oxygen atoms in total. The van der Waals surface area contributed by atoms with Gasteiger partial charge in [0, 0.05) is 13.1 Å². The van der Waals surface area contributed by atoms with Crippen LogP contribution in [0.3, 0.4) is 0 Å². The molecule has 0 fully saturated rings. The van der Waals surface area contributed by atoms with Crippen molar-refractivity contribution >= 4 is 43.3 Å². The summed E-state index contributed by atoms with van der Waals surface area (Å²) in [5, 5.41) is 8.62. The molecular formula is C10H14BrNO4S2. The van der Waals surface area contributed by atoms with E-state index in [2.05, 4.69) is 15.9 Å². The number of carbonyl (C=O) groups is 1. The minimum atomic E-state index is -3.59. The third-order valence-corrected chi connectivity index (χ3v) is 6.92. The van der Waals surface area contributed by atoms with E-state index in [1.807, 2.05) is 6.92 Å². The van der Waals surface area contributed by atoms with E-state index in [1.165, 1.54) is 4.31 Å². The molecule has 1 aromatic heterocycles. The molecule has 18 heavy (non-hydrogen) atoms. The van der Waals surface area contributed by atoms with Gasteiger partial charge in [-0.1, -0.05) is 6.92 Å². The Balaban J connectivity index is 2.99. The average molecular weight is 356 g/mol. The molecule has 0 spiro atoms. The minimum Gasteiger partial charge on any atom is -0.481 e. The zero-order valence-electron chi connectivity index (χ0n) is 10.0. The number of hydrogen-bond acceptors (Lipinski definition) is 4. The molecule has 0 aliphatic rings. The van der Waals surface area contributed by atoms with Gasteiger partial charge in [-0.25, -0.2) is 8.42 Å². The van der Waals surface area contributed by atoms with Crippen LogP contribution in [0.4, 0.5) is 0 Å². The van der Waals surface area contributed by atoms with Crippen LogP contribution >= 0.6 is 27.3 Å². The van der Waals surface area contributed by atoms with Crippen molar-refractivity contribution in [1.82, 2.24) is 4.31 Å². The average Bonchev–Trinajstić information content (AvgIpc) is 2.60. The van der Waals surface area contributed by atoms with Crippen molar-refractivity contribution in [2.75, 3.05) is 13.1 Å². The third kappa shape index (κ3) is 3.53. The molecule has 0 saturated carbocycles. The number of aliphatic carboxylic acids is 1. The van der Waals surface area contributed by atoms with E-state index >= 15 is 0 Å². The Labute approximate surface area is 119 Å². The van der Waals surface area contributed by atoms with Gasteiger partial charge >= 0.3 is 5.97 Å². The normalized spacial score (nSPS) is 12.0. The van der Waals surface area contributed by atoms with E-state index in [0.717, 1.165) is 20.7 Å². The van der Waals surface area contributed by atoms with E-state index < -0.39 is 16.0 Å². The molecule has 0 saturated heterocycles. The Morgan fingerprint density at radius 1 is 1.56 bits per heavy atom. The maximum absolute atomic E-state index is 12.3. The number of carboxylic acid groups (broad SMARTS) is 1. The van der Waals surface area contributed by atoms with Gasteiger partial charge in [0.2, 0.25) is 0 Å². The Morgan fingerprint density at radius 3 is 2.56 bits per heavy atom. The first-order chi connectivity index (χ1) is 8.28. The predicted octanol–water partition coefficient (Wildman–Crippen LogP) is 2.30. The van der Waals surface area contributed by atoms with E-state index in [0.29, 0.717) is 0 Å². The highest BCUT2D eigenvalue weighted by Crippen LogP contribution is 2.32. The first-order valence-electron chi connectivity index (χ1n) is 5.27. The number of aryl methyl sites for hydroxylation is 1. The highest BCUT2D eigenvalue weighted by molar-refractivity contribution is 9.11. The summed E-state index contributed by atoms with van der Waals surface area (Å²) in [7, 11) is -3.59. The SMILES string of the molecule is CCN(CCC(=O)O)S(=O)(=O)c1cc(C)c(Br)s1. The molecule has 0 radical (unpaired) electrons. The third-order valence-electron chi connectivity index (χ3n) is 2.36. The number of thiophene rings is 1. The van der Waals surface area contributed by atoms with Gasteiger partial charge in [-0.2, -0.15) is 4.31 Å². The summed E-state index contributed by atoms with van der Waals surface area (Å²) in [6.07, 6.45) is -0.196. The van der Waals surface area contributed by atoms with Crippen LogP contribution in [0.5, 0.6) is 0 Å². The van der Waals surface area contributed by atoms with Gasteiger partial charge in [0.1, 0.15) is 4.21 Å². The second kappa shape index (κ2) is 6.14. The summed E-state index contributed by atoms with van der Waals surface area (Å²) in [6.45, 7) is 3.75. The first-order valence-corrected chi connectivity index (χ1v) is 8.32. The zero-order chi connectivity index (χ0) is 13.9. The van der Waals surface area contributed by atoms with Crippen molar-refractivity contribution in [3.63, 3.8) is 0 Å². The molecule has 0 aromatic carbocycles. The van der Waals surface area contributed by atoms with Gasteiger partial charge in [-0.15, -0.1) is 11.3 Å². The molecule has 1 aromatic rings. The summed E-state index contributed by atoms with van der Waals surface area (Å²) < 4.78 is 26.7. The van der Waals surface area contributed by atoms with Crippen LogP contribution in [0, 0.1) is 6.92 Å². The summed E-state index contributed by atoms with van der Waals surface area (Å²) in [5.74, 6) is -1.01. The molecule has 0 aliphatic carbocycles. The van der Waals surface area contributed by atoms with E-state index in [1.54, 1.807) is 13.0 Å². The van der Waals surface area contributed by atoms with Crippen LogP contribution in [0.25, 0.3) is 0 Å². The van der Waals surface area contributed by atoms with E-state index in [-0.39, 0.29) is 23.7 Å². The lowest BCUT2D eigenvalue weighted by molar-refractivity contribution is -0.137. The van der Waals surface area contributed by atoms with E-state index in [9.17, 15) is 13.2 Å². The lowest BCUT2D eigenvalue weighted by Gasteiger charge is -2.18. The molecular weight excluding hydrogens is 342 g/mol. The summed E-state index contributed by atoms with van der Waals surface area (Å²) >= 11 is 4.42. The van der Waals surface area contributed by atoms with Gasteiger partial charge < -0.3 is 5.11 Å². The second-order valence-corrected chi connectivity index (χ2v) is 8.20. The smallest absolute Gasteiger partial charge is 0.304 e. The van der Waals surface area contributed by atoms with Crippen LogP contribution in [-0.2, 0) is 14.8 Å². The van der Waals surface area contributed by atoms with Gasteiger partial charge in [0.25, 0.3) is 10.0 Å². The molecule has 1 heterocycles. The highest BCUT2D eigenvalue weighted by atomic mass is 79.9. The predicted molar refractivity (Wildman–Crippen MR) is 73.4 cm³/mol. The maximum atomic E-state index is 12.3. The summed E-state index contributed by atoms with van der Waals surface area (Å²) in [4.78, 5) is 10.5. The Hall–Kier alpha value is -0.440. The quantitative estimate of drug-likeness (QED) is 0.849.